The van der Waals surface area contributed by atoms with E-state index in [0.717, 1.165) is 43.9 Å². The number of nitrogens with zero attached hydrogens (tertiary/aromatic N) is 2. The van der Waals surface area contributed by atoms with Crippen molar-refractivity contribution >= 4 is 0 Å². The Bertz CT molecular complexity index is 651. The van der Waals surface area contributed by atoms with Gasteiger partial charge in [0.15, 0.2) is 0 Å². The highest BCUT2D eigenvalue weighted by atomic mass is 16.1. The van der Waals surface area contributed by atoms with Gasteiger partial charge in [-0.05, 0) is 37.9 Å². The van der Waals surface area contributed by atoms with Crippen LogP contribution in [0.1, 0.15) is 35.7 Å². The van der Waals surface area contributed by atoms with Crippen molar-refractivity contribution in [3.8, 4) is 0 Å². The lowest BCUT2D eigenvalue weighted by Gasteiger charge is -2.32. The summed E-state index contributed by atoms with van der Waals surface area (Å²) in [5.41, 5.74) is 2.94. The third-order valence-electron chi connectivity index (χ3n) is 4.07. The van der Waals surface area contributed by atoms with Gasteiger partial charge in [0, 0.05) is 24.7 Å². The maximum atomic E-state index is 11.5. The normalized spacial score (nSPS) is 19.6. The number of hydrogen-bond acceptors (Lipinski definition) is 3. The van der Waals surface area contributed by atoms with E-state index in [0.29, 0.717) is 5.92 Å². The van der Waals surface area contributed by atoms with E-state index in [9.17, 15) is 4.79 Å². The fraction of sp³-hybridized carbons (Fsp3) is 0.412. The van der Waals surface area contributed by atoms with E-state index in [-0.39, 0.29) is 5.69 Å². The van der Waals surface area contributed by atoms with Crippen molar-refractivity contribution in [3.05, 3.63) is 63.8 Å². The molecule has 1 aromatic carbocycles. The molecule has 1 unspecified atom stereocenters. The number of piperidine rings is 1. The van der Waals surface area contributed by atoms with Gasteiger partial charge in [-0.2, -0.15) is 4.98 Å². The molecule has 1 fully saturated rings. The summed E-state index contributed by atoms with van der Waals surface area (Å²) in [6, 6.07) is 12.6. The SMILES string of the molecule is Cc1cc(C2CCCN(Cc3ccccc3)C2)nc(=O)[nH]1. The minimum atomic E-state index is -0.231. The number of hydrogen-bond donors (Lipinski definition) is 1. The molecule has 1 atom stereocenters. The van der Waals surface area contributed by atoms with Crippen LogP contribution in [0.5, 0.6) is 0 Å². The third-order valence-corrected chi connectivity index (χ3v) is 4.07. The van der Waals surface area contributed by atoms with Crippen molar-refractivity contribution in [2.75, 3.05) is 13.1 Å². The van der Waals surface area contributed by atoms with Gasteiger partial charge in [-0.1, -0.05) is 30.3 Å². The first kappa shape index (κ1) is 14.0. The van der Waals surface area contributed by atoms with Gasteiger partial charge in [0.2, 0.25) is 0 Å². The fourth-order valence-electron chi connectivity index (χ4n) is 3.10. The van der Waals surface area contributed by atoms with Gasteiger partial charge in [0.25, 0.3) is 0 Å². The van der Waals surface area contributed by atoms with Gasteiger partial charge < -0.3 is 4.98 Å². The Labute approximate surface area is 124 Å². The topological polar surface area (TPSA) is 49.0 Å². The third kappa shape index (κ3) is 3.58. The summed E-state index contributed by atoms with van der Waals surface area (Å²) in [5, 5.41) is 0. The molecule has 1 aliphatic heterocycles. The molecular weight excluding hydrogens is 262 g/mol. The molecule has 1 aromatic heterocycles. The Morgan fingerprint density at radius 2 is 2.14 bits per heavy atom. The molecule has 0 amide bonds. The van der Waals surface area contributed by atoms with Gasteiger partial charge in [-0.3, -0.25) is 4.90 Å². The maximum Gasteiger partial charge on any atom is 0.345 e. The molecule has 0 spiro atoms. The molecular formula is C17H21N3O. The first-order valence-corrected chi connectivity index (χ1v) is 7.55. The number of nitrogens with one attached hydrogen (secondary N) is 1. The van der Waals surface area contributed by atoms with Crippen molar-refractivity contribution in [1.29, 1.82) is 0 Å². The van der Waals surface area contributed by atoms with Crippen molar-refractivity contribution < 1.29 is 0 Å². The van der Waals surface area contributed by atoms with Crippen LogP contribution in [0.15, 0.2) is 41.2 Å². The first-order chi connectivity index (χ1) is 10.2. The van der Waals surface area contributed by atoms with E-state index in [1.54, 1.807) is 0 Å². The molecule has 4 nitrogen and oxygen atoms in total. The molecule has 2 aromatic rings. The molecule has 1 N–H and O–H groups in total. The molecule has 110 valence electrons. The fourth-order valence-corrected chi connectivity index (χ4v) is 3.10. The molecule has 0 aliphatic carbocycles. The Kier molecular flexibility index (Phi) is 4.15. The molecule has 2 heterocycles. The zero-order chi connectivity index (χ0) is 14.7. The van der Waals surface area contributed by atoms with E-state index in [1.165, 1.54) is 5.56 Å². The highest BCUT2D eigenvalue weighted by Crippen LogP contribution is 2.26. The minimum Gasteiger partial charge on any atom is -0.310 e. The summed E-state index contributed by atoms with van der Waals surface area (Å²) in [6.45, 7) is 4.98. The van der Waals surface area contributed by atoms with E-state index in [1.807, 2.05) is 19.1 Å². The summed E-state index contributed by atoms with van der Waals surface area (Å²) >= 11 is 0. The second kappa shape index (κ2) is 6.22. The van der Waals surface area contributed by atoms with Gasteiger partial charge in [0.05, 0.1) is 5.69 Å². The van der Waals surface area contributed by atoms with E-state index >= 15 is 0 Å². The van der Waals surface area contributed by atoms with Gasteiger partial charge in [-0.15, -0.1) is 0 Å². The van der Waals surface area contributed by atoms with Crippen LogP contribution in [0.3, 0.4) is 0 Å². The molecule has 0 bridgehead atoms. The van der Waals surface area contributed by atoms with Crippen LogP contribution in [-0.4, -0.2) is 28.0 Å². The van der Waals surface area contributed by atoms with Crippen LogP contribution in [0.25, 0.3) is 0 Å². The van der Waals surface area contributed by atoms with Gasteiger partial charge in [-0.25, -0.2) is 4.79 Å². The molecule has 1 aliphatic rings. The van der Waals surface area contributed by atoms with E-state index in [4.69, 9.17) is 0 Å². The Hall–Kier alpha value is -1.94. The maximum absolute atomic E-state index is 11.5. The number of aromatic amines is 1. The number of aromatic nitrogens is 2. The monoisotopic (exact) mass is 283 g/mol. The molecule has 1 saturated heterocycles. The van der Waals surface area contributed by atoms with E-state index < -0.39 is 0 Å². The lowest BCUT2D eigenvalue weighted by molar-refractivity contribution is 0.198. The number of rotatable bonds is 3. The molecule has 0 radical (unpaired) electrons. The second-order valence-corrected chi connectivity index (χ2v) is 5.85. The summed E-state index contributed by atoms with van der Waals surface area (Å²) < 4.78 is 0. The van der Waals surface area contributed by atoms with Crippen molar-refractivity contribution in [1.82, 2.24) is 14.9 Å². The summed E-state index contributed by atoms with van der Waals surface area (Å²) in [7, 11) is 0. The number of aryl methyl sites for hydroxylation is 1. The predicted molar refractivity (Wildman–Crippen MR) is 83.3 cm³/mol. The zero-order valence-corrected chi connectivity index (χ0v) is 12.4. The average Bonchev–Trinajstić information content (AvgIpc) is 2.47. The Balaban J connectivity index is 1.72. The summed E-state index contributed by atoms with van der Waals surface area (Å²) in [4.78, 5) is 20.9. The zero-order valence-electron chi connectivity index (χ0n) is 12.4. The lowest BCUT2D eigenvalue weighted by atomic mass is 9.94. The summed E-state index contributed by atoms with van der Waals surface area (Å²) in [5.74, 6) is 0.364. The highest BCUT2D eigenvalue weighted by molar-refractivity contribution is 5.16. The van der Waals surface area contributed by atoms with Gasteiger partial charge in [0.1, 0.15) is 0 Å². The quantitative estimate of drug-likeness (QED) is 0.941. The molecule has 0 saturated carbocycles. The predicted octanol–water partition coefficient (Wildman–Crippen LogP) is 2.46. The van der Waals surface area contributed by atoms with Crippen LogP contribution in [-0.2, 0) is 6.54 Å². The number of H-pyrrole nitrogens is 1. The van der Waals surface area contributed by atoms with Crippen LogP contribution >= 0.6 is 0 Å². The van der Waals surface area contributed by atoms with Crippen molar-refractivity contribution in [2.45, 2.75) is 32.2 Å². The highest BCUT2D eigenvalue weighted by Gasteiger charge is 2.22. The standard InChI is InChI=1S/C17H21N3O/c1-13-10-16(19-17(21)18-13)15-8-5-9-20(12-15)11-14-6-3-2-4-7-14/h2-4,6-7,10,15H,5,8-9,11-12H2,1H3,(H,18,19,21). The number of benzene rings is 1. The molecule has 4 heteroatoms. The average molecular weight is 283 g/mol. The smallest absolute Gasteiger partial charge is 0.310 e. The van der Waals surface area contributed by atoms with Crippen LogP contribution < -0.4 is 5.69 Å². The largest absolute Gasteiger partial charge is 0.345 e. The minimum absolute atomic E-state index is 0.231. The first-order valence-electron chi connectivity index (χ1n) is 7.55. The Morgan fingerprint density at radius 3 is 2.90 bits per heavy atom. The van der Waals surface area contributed by atoms with Crippen LogP contribution in [0.4, 0.5) is 0 Å². The Morgan fingerprint density at radius 1 is 1.33 bits per heavy atom. The van der Waals surface area contributed by atoms with Crippen molar-refractivity contribution in [3.63, 3.8) is 0 Å². The van der Waals surface area contributed by atoms with Crippen LogP contribution in [0.2, 0.25) is 0 Å². The van der Waals surface area contributed by atoms with E-state index in [2.05, 4.69) is 39.1 Å². The second-order valence-electron chi connectivity index (χ2n) is 5.85. The van der Waals surface area contributed by atoms with Crippen LogP contribution in [0, 0.1) is 6.92 Å². The summed E-state index contributed by atoms with van der Waals surface area (Å²) in [6.07, 6.45) is 2.27. The lowest BCUT2D eigenvalue weighted by Crippen LogP contribution is -2.34. The molecule has 21 heavy (non-hydrogen) atoms. The number of likely N-dealkylation sites (tertiary alicyclic amines) is 1. The van der Waals surface area contributed by atoms with Gasteiger partial charge >= 0.3 is 5.69 Å². The molecule has 3 rings (SSSR count). The van der Waals surface area contributed by atoms with Crippen molar-refractivity contribution in [2.24, 2.45) is 0 Å².